The molecular formula is C51H71N2O6PdS-. The maximum atomic E-state index is 14.9. The third kappa shape index (κ3) is 13.2. The van der Waals surface area contributed by atoms with Crippen molar-refractivity contribution in [3.8, 4) is 22.6 Å². The van der Waals surface area contributed by atoms with Gasteiger partial charge in [-0.15, -0.1) is 6.07 Å². The van der Waals surface area contributed by atoms with Crippen LogP contribution in [0.15, 0.2) is 78.9 Å². The van der Waals surface area contributed by atoms with Gasteiger partial charge in [0.15, 0.2) is 0 Å². The quantitative estimate of drug-likeness (QED) is 0.0558. The van der Waals surface area contributed by atoms with Crippen molar-refractivity contribution in [2.45, 2.75) is 135 Å². The minimum absolute atomic E-state index is 0. The van der Waals surface area contributed by atoms with E-state index in [4.69, 9.17) is 19.8 Å². The summed E-state index contributed by atoms with van der Waals surface area (Å²) in [5.74, 6) is 3.06. The molecule has 0 radical (unpaired) electrons. The molecule has 4 N–H and O–H groups in total. The molecule has 2 fully saturated rings. The third-order valence-corrected chi connectivity index (χ3v) is 13.1. The predicted octanol–water partition coefficient (Wildman–Crippen LogP) is 12.0. The number of carbonyl (C=O) groups excluding carboxylic acids is 1. The molecule has 2 aliphatic rings. The third-order valence-electron chi connectivity index (χ3n) is 12.4. The van der Waals surface area contributed by atoms with Crippen LogP contribution in [-0.2, 0) is 46.5 Å². The number of benzene rings is 4. The molecule has 1 amide bonds. The Labute approximate surface area is 381 Å². The molecule has 2 aliphatic carbocycles. The summed E-state index contributed by atoms with van der Waals surface area (Å²) in [4.78, 5) is 14.9. The molecule has 2 saturated carbocycles. The van der Waals surface area contributed by atoms with E-state index in [9.17, 15) is 13.2 Å². The van der Waals surface area contributed by atoms with Gasteiger partial charge >= 0.3 is 0 Å². The molecule has 0 aromatic heterocycles. The van der Waals surface area contributed by atoms with Gasteiger partial charge in [-0.2, -0.15) is 32.7 Å². The first-order chi connectivity index (χ1) is 28.6. The zero-order valence-electron chi connectivity index (χ0n) is 38.0. The first-order valence-corrected chi connectivity index (χ1v) is 23.6. The average Bonchev–Trinajstić information content (AvgIpc) is 3.24. The van der Waals surface area contributed by atoms with Crippen LogP contribution in [0.3, 0.4) is 0 Å². The molecule has 10 heteroatoms. The molecule has 61 heavy (non-hydrogen) atoms. The van der Waals surface area contributed by atoms with Crippen LogP contribution >= 0.6 is 0 Å². The van der Waals surface area contributed by atoms with Crippen LogP contribution in [0.25, 0.3) is 11.1 Å². The summed E-state index contributed by atoms with van der Waals surface area (Å²) in [6, 6.07) is 27.7. The largest absolute Gasteiger partial charge is 0.496 e. The summed E-state index contributed by atoms with van der Waals surface area (Å²) in [5.41, 5.74) is 13.3. The molecule has 0 spiro atoms. The zero-order valence-corrected chi connectivity index (χ0v) is 40.3. The number of nitrogens with one attached hydrogen (secondary N) is 1. The van der Waals surface area contributed by atoms with Gasteiger partial charge in [0.05, 0.1) is 19.6 Å². The number of nitrogens with two attached hydrogens (primary N) is 1. The smallest absolute Gasteiger partial charge is 0.269 e. The number of methoxy groups -OCH3 is 2. The summed E-state index contributed by atoms with van der Waals surface area (Å²) < 4.78 is 41.8. The van der Waals surface area contributed by atoms with Gasteiger partial charge in [0.1, 0.15) is 17.3 Å². The Kier molecular flexibility index (Phi) is 20.5. The van der Waals surface area contributed by atoms with Crippen molar-refractivity contribution in [1.29, 1.82) is 0 Å². The van der Waals surface area contributed by atoms with E-state index in [2.05, 4.69) is 77.2 Å². The van der Waals surface area contributed by atoms with E-state index in [0.29, 0.717) is 29.0 Å². The molecule has 4 aromatic rings. The standard InChI is InChI=1S/C38H57NO3.C7H8O3S.C6H6N.Pd/c1-24(2)27-22-30(25(3)4)34(31(23-27)26(5)6)35-32(41-8)20-21-33(42-9)36(35)38(37(40)39-7,28-16-12-10-13-17-28)29-18-14-11-15-19-29;8-11(9,10)6-7-4-2-1-3-5-7;7-6-4-2-1-3-5-6;/h20-26,28-29H,10-19H2,1-9H3,(H,39,40);1-5H,6H2,(H,8,9,10);1-4H,7H2;/q;;-1;. The van der Waals surface area contributed by atoms with E-state index < -0.39 is 15.5 Å². The van der Waals surface area contributed by atoms with E-state index in [0.717, 1.165) is 48.3 Å². The second kappa shape index (κ2) is 24.2. The molecule has 338 valence electrons. The Bertz CT molecular complexity index is 2010. The van der Waals surface area contributed by atoms with Gasteiger partial charge in [0.25, 0.3) is 10.1 Å². The molecule has 0 aliphatic heterocycles. The molecule has 0 atom stereocenters. The Balaban J connectivity index is 0.000000428. The van der Waals surface area contributed by atoms with Crippen LogP contribution < -0.4 is 20.5 Å². The Morgan fingerprint density at radius 3 is 1.62 bits per heavy atom. The van der Waals surface area contributed by atoms with Crippen molar-refractivity contribution in [3.05, 3.63) is 113 Å². The molecule has 6 rings (SSSR count). The fourth-order valence-corrected chi connectivity index (χ4v) is 10.2. The summed E-state index contributed by atoms with van der Waals surface area (Å²) in [5, 5.41) is 3.23. The number of hydrogen-bond donors (Lipinski definition) is 3. The zero-order chi connectivity index (χ0) is 44.0. The number of hydrogen-bond acceptors (Lipinski definition) is 6. The number of nitrogen functional groups attached to an aromatic ring is 1. The predicted molar refractivity (Wildman–Crippen MR) is 248 cm³/mol. The number of anilines is 1. The number of ether oxygens (including phenoxy) is 2. The van der Waals surface area contributed by atoms with Crippen molar-refractivity contribution >= 4 is 21.7 Å². The Hall–Kier alpha value is -3.68. The van der Waals surface area contributed by atoms with Gasteiger partial charge in [-0.25, -0.2) is 0 Å². The monoisotopic (exact) mass is 945 g/mol. The summed E-state index contributed by atoms with van der Waals surface area (Å²) in [7, 11) is 1.52. The number of carbonyl (C=O) groups is 1. The summed E-state index contributed by atoms with van der Waals surface area (Å²) in [6.07, 6.45) is 11.5. The van der Waals surface area contributed by atoms with Crippen molar-refractivity contribution in [1.82, 2.24) is 5.32 Å². The van der Waals surface area contributed by atoms with Crippen molar-refractivity contribution in [2.75, 3.05) is 27.0 Å². The fourth-order valence-electron chi connectivity index (χ4n) is 9.55. The van der Waals surface area contributed by atoms with Gasteiger partial charge in [-0.1, -0.05) is 128 Å². The van der Waals surface area contributed by atoms with Crippen molar-refractivity contribution in [2.24, 2.45) is 11.8 Å². The average molecular weight is 947 g/mol. The van der Waals surface area contributed by atoms with Crippen LogP contribution in [0.1, 0.15) is 151 Å². The summed E-state index contributed by atoms with van der Waals surface area (Å²) >= 11 is 0. The molecule has 0 saturated heterocycles. The van der Waals surface area contributed by atoms with E-state index in [-0.39, 0.29) is 43.9 Å². The number of amides is 1. The van der Waals surface area contributed by atoms with Crippen LogP contribution in [-0.4, -0.2) is 40.1 Å². The molecule has 0 unspecified atom stereocenters. The van der Waals surface area contributed by atoms with Gasteiger partial charge < -0.3 is 20.5 Å². The maximum absolute atomic E-state index is 14.9. The van der Waals surface area contributed by atoms with Crippen LogP contribution in [0.4, 0.5) is 5.69 Å². The molecule has 8 nitrogen and oxygen atoms in total. The molecule has 0 heterocycles. The molecule has 4 aromatic carbocycles. The van der Waals surface area contributed by atoms with Gasteiger partial charge in [-0.05, 0) is 95.2 Å². The van der Waals surface area contributed by atoms with Gasteiger partial charge in [0.2, 0.25) is 5.91 Å². The first-order valence-electron chi connectivity index (χ1n) is 22.0. The minimum atomic E-state index is -3.88. The van der Waals surface area contributed by atoms with E-state index in [1.165, 1.54) is 60.8 Å². The minimum Gasteiger partial charge on any atom is -0.496 e. The fraction of sp³-hybridized carbons (Fsp3) is 0.510. The van der Waals surface area contributed by atoms with Gasteiger partial charge in [-0.3, -0.25) is 9.35 Å². The topological polar surface area (TPSA) is 128 Å². The number of likely N-dealkylation sites (N-methyl/N-ethyl adjacent to an activating group) is 1. The van der Waals surface area contributed by atoms with Crippen LogP contribution in [0, 0.1) is 17.9 Å². The van der Waals surface area contributed by atoms with Crippen molar-refractivity contribution in [3.63, 3.8) is 0 Å². The van der Waals surface area contributed by atoms with Crippen molar-refractivity contribution < 1.29 is 47.7 Å². The Morgan fingerprint density at radius 2 is 1.25 bits per heavy atom. The number of rotatable bonds is 12. The SMILES string of the molecule is CNC(=O)C(c1c(OC)ccc(OC)c1-c1c(C(C)C)cc(C(C)C)cc1C(C)C)(C1CCCCC1)C1CCCCC1.Nc1[c-]cccc1.O=S(=O)(O)Cc1ccccc1.[Pd]. The normalized spacial score (nSPS) is 14.9. The van der Waals surface area contributed by atoms with Crippen LogP contribution in [0.5, 0.6) is 11.5 Å². The molecule has 0 bridgehead atoms. The molecular weight excluding hydrogens is 875 g/mol. The Morgan fingerprint density at radius 1 is 0.754 bits per heavy atom. The second-order valence-corrected chi connectivity index (χ2v) is 18.9. The maximum Gasteiger partial charge on any atom is 0.269 e. The van der Waals surface area contributed by atoms with E-state index >= 15 is 0 Å². The first kappa shape index (κ1) is 51.7. The van der Waals surface area contributed by atoms with E-state index in [1.54, 1.807) is 56.7 Å². The second-order valence-electron chi connectivity index (χ2n) is 17.4. The van der Waals surface area contributed by atoms with E-state index in [1.807, 2.05) is 19.2 Å². The van der Waals surface area contributed by atoms with Crippen LogP contribution in [0.2, 0.25) is 0 Å². The van der Waals surface area contributed by atoms with Gasteiger partial charge in [0, 0.05) is 38.6 Å². The number of para-hydroxylation sites is 1. The summed E-state index contributed by atoms with van der Waals surface area (Å²) in [6.45, 7) is 13.8.